The molecule has 158 valence electrons. The molecule has 14 heteroatoms. The predicted octanol–water partition coefficient (Wildman–Crippen LogP) is 7.44. The van der Waals surface area contributed by atoms with Crippen molar-refractivity contribution < 1.29 is 52.7 Å². The predicted molar refractivity (Wildman–Crippen MR) is 79.9 cm³/mol. The van der Waals surface area contributed by atoms with Crippen LogP contribution in [0.3, 0.4) is 0 Å². The molecule has 0 radical (unpaired) electrons. The van der Waals surface area contributed by atoms with E-state index in [0.29, 0.717) is 0 Å². The number of hydrogen-bond donors (Lipinski definition) is 0. The molecule has 0 heterocycles. The summed E-state index contributed by atoms with van der Waals surface area (Å²) >= 11 is 3.97. The first-order chi connectivity index (χ1) is 13.0. The van der Waals surface area contributed by atoms with Gasteiger partial charge in [0, 0.05) is 22.3 Å². The van der Waals surface area contributed by atoms with Gasteiger partial charge in [0.2, 0.25) is 5.41 Å². The lowest BCUT2D eigenvalue weighted by molar-refractivity contribution is -0.288. The van der Waals surface area contributed by atoms with Crippen molar-refractivity contribution in [1.82, 2.24) is 0 Å². The highest BCUT2D eigenvalue weighted by Crippen LogP contribution is 2.66. The van der Waals surface area contributed by atoms with Crippen LogP contribution in [0.4, 0.5) is 52.7 Å². The van der Waals surface area contributed by atoms with Crippen molar-refractivity contribution >= 4 is 31.9 Å². The molecule has 1 aliphatic rings. The maximum absolute atomic E-state index is 14.5. The van der Waals surface area contributed by atoms with Crippen LogP contribution in [0.5, 0.6) is 0 Å². The van der Waals surface area contributed by atoms with Crippen molar-refractivity contribution in [1.29, 1.82) is 0 Å². The highest BCUT2D eigenvalue weighted by Gasteiger charge is 2.78. The van der Waals surface area contributed by atoms with Crippen molar-refractivity contribution in [3.8, 4) is 11.1 Å². The average molecular weight is 568 g/mol. The molecule has 0 saturated carbocycles. The Hall–Kier alpha value is -1.44. The Bertz CT molecular complexity index is 982. The summed E-state index contributed by atoms with van der Waals surface area (Å²) in [7, 11) is 0. The number of hydrogen-bond acceptors (Lipinski definition) is 0. The van der Waals surface area contributed by atoms with E-state index in [0.717, 1.165) is 0 Å². The summed E-state index contributed by atoms with van der Waals surface area (Å²) in [6.07, 6.45) is -13.3. The van der Waals surface area contributed by atoms with Crippen molar-refractivity contribution in [2.45, 2.75) is 17.8 Å². The zero-order valence-electron chi connectivity index (χ0n) is 12.8. The van der Waals surface area contributed by atoms with E-state index in [2.05, 4.69) is 0 Å². The number of alkyl halides is 6. The van der Waals surface area contributed by atoms with E-state index < -0.39 is 83.9 Å². The third-order valence-electron chi connectivity index (χ3n) is 4.38. The average Bonchev–Trinajstić information content (AvgIpc) is 2.94. The van der Waals surface area contributed by atoms with Gasteiger partial charge in [0.05, 0.1) is 8.95 Å². The van der Waals surface area contributed by atoms with E-state index in [1.54, 1.807) is 0 Å². The molecule has 0 aliphatic heterocycles. The largest absolute Gasteiger partial charge is 0.411 e. The van der Waals surface area contributed by atoms with Gasteiger partial charge in [-0.2, -0.15) is 26.3 Å². The Kier molecular flexibility index (Phi) is 4.82. The molecule has 2 aromatic carbocycles. The summed E-state index contributed by atoms with van der Waals surface area (Å²) < 4.78 is 165. The zero-order valence-corrected chi connectivity index (χ0v) is 16.0. The Morgan fingerprint density at radius 2 is 0.759 bits per heavy atom. The standard InChI is InChI=1S/C15Br2F12/c16-5-9(20)3-1(7(18)11(5)22)2-4(10(21)6(17)12(23)8(2)19)13(3,14(24,25)26)15(27,28)29. The molecule has 1 aliphatic carbocycles. The molecule has 0 N–H and O–H groups in total. The highest BCUT2D eigenvalue weighted by molar-refractivity contribution is 9.10. The Morgan fingerprint density at radius 1 is 0.483 bits per heavy atom. The van der Waals surface area contributed by atoms with E-state index >= 15 is 0 Å². The van der Waals surface area contributed by atoms with Gasteiger partial charge in [-0.05, 0) is 31.9 Å². The van der Waals surface area contributed by atoms with Crippen molar-refractivity contribution in [2.75, 3.05) is 0 Å². The molecular formula is C15Br2F12. The molecule has 29 heavy (non-hydrogen) atoms. The molecule has 0 nitrogen and oxygen atoms in total. The number of rotatable bonds is 0. The summed E-state index contributed by atoms with van der Waals surface area (Å²) in [5.41, 5.74) is -15.4. The second kappa shape index (κ2) is 6.28. The lowest BCUT2D eigenvalue weighted by Gasteiger charge is -2.36. The van der Waals surface area contributed by atoms with Gasteiger partial charge in [0.1, 0.15) is 11.6 Å². The van der Waals surface area contributed by atoms with E-state index in [1.807, 2.05) is 31.9 Å². The number of fused-ring (bicyclic) bond motifs is 3. The summed E-state index contributed by atoms with van der Waals surface area (Å²) in [6, 6.07) is 0. The fourth-order valence-corrected chi connectivity index (χ4v) is 4.03. The molecule has 3 rings (SSSR count). The first kappa shape index (κ1) is 22.2. The van der Waals surface area contributed by atoms with Gasteiger partial charge in [0.15, 0.2) is 23.3 Å². The minimum Gasteiger partial charge on any atom is -0.205 e. The van der Waals surface area contributed by atoms with E-state index in [4.69, 9.17) is 0 Å². The molecular weight excluding hydrogens is 568 g/mol. The minimum absolute atomic E-state index is 1.78. The summed E-state index contributed by atoms with van der Waals surface area (Å²) in [6.45, 7) is 0. The van der Waals surface area contributed by atoms with Crippen LogP contribution in [-0.4, -0.2) is 12.4 Å². The molecule has 0 amide bonds. The number of halogens is 14. The summed E-state index contributed by atoms with van der Waals surface area (Å²) in [4.78, 5) is 0. The lowest BCUT2D eigenvalue weighted by Crippen LogP contribution is -2.54. The van der Waals surface area contributed by atoms with Gasteiger partial charge >= 0.3 is 12.4 Å². The van der Waals surface area contributed by atoms with E-state index in [-0.39, 0.29) is 0 Å². The Labute approximate surface area is 168 Å². The van der Waals surface area contributed by atoms with Crippen LogP contribution < -0.4 is 0 Å². The fraction of sp³-hybridized carbons (Fsp3) is 0.200. The van der Waals surface area contributed by atoms with E-state index in [1.165, 1.54) is 0 Å². The van der Waals surface area contributed by atoms with Gasteiger partial charge in [-0.1, -0.05) is 0 Å². The Morgan fingerprint density at radius 3 is 1.00 bits per heavy atom. The van der Waals surface area contributed by atoms with Gasteiger partial charge in [-0.25, -0.2) is 26.3 Å². The van der Waals surface area contributed by atoms with Crippen LogP contribution in [-0.2, 0) is 5.41 Å². The molecule has 0 fully saturated rings. The van der Waals surface area contributed by atoms with Crippen molar-refractivity contribution in [3.63, 3.8) is 0 Å². The van der Waals surface area contributed by atoms with Gasteiger partial charge in [-0.15, -0.1) is 0 Å². The van der Waals surface area contributed by atoms with Crippen LogP contribution in [0.1, 0.15) is 11.1 Å². The summed E-state index contributed by atoms with van der Waals surface area (Å²) in [5, 5.41) is 0. The zero-order chi connectivity index (χ0) is 22.4. The SMILES string of the molecule is Fc1c(F)c2c(c(F)c1Br)C(C(F)(F)F)(C(F)(F)F)c1c(F)c(Br)c(F)c(F)c1-2. The van der Waals surface area contributed by atoms with Crippen LogP contribution in [0, 0.1) is 34.9 Å². The van der Waals surface area contributed by atoms with Crippen LogP contribution in [0.25, 0.3) is 11.1 Å². The van der Waals surface area contributed by atoms with E-state index in [9.17, 15) is 52.7 Å². The lowest BCUT2D eigenvalue weighted by atomic mass is 9.76. The third-order valence-corrected chi connectivity index (χ3v) is 5.78. The molecule has 0 spiro atoms. The van der Waals surface area contributed by atoms with Crippen LogP contribution in [0.2, 0.25) is 0 Å². The third kappa shape index (κ3) is 2.47. The van der Waals surface area contributed by atoms with Gasteiger partial charge < -0.3 is 0 Å². The first-order valence-corrected chi connectivity index (χ1v) is 8.48. The quantitative estimate of drug-likeness (QED) is 0.176. The molecule has 0 atom stereocenters. The molecule has 0 bridgehead atoms. The van der Waals surface area contributed by atoms with Crippen molar-refractivity contribution in [2.24, 2.45) is 0 Å². The molecule has 0 aromatic heterocycles. The molecule has 0 saturated heterocycles. The topological polar surface area (TPSA) is 0 Å². The van der Waals surface area contributed by atoms with Gasteiger partial charge in [-0.3, -0.25) is 0 Å². The monoisotopic (exact) mass is 566 g/mol. The van der Waals surface area contributed by atoms with Crippen LogP contribution in [0.15, 0.2) is 8.95 Å². The first-order valence-electron chi connectivity index (χ1n) is 6.90. The molecule has 0 unspecified atom stereocenters. The van der Waals surface area contributed by atoms with Crippen molar-refractivity contribution in [3.05, 3.63) is 55.0 Å². The maximum atomic E-state index is 14.5. The second-order valence-corrected chi connectivity index (χ2v) is 7.34. The number of benzene rings is 2. The van der Waals surface area contributed by atoms with Crippen LogP contribution >= 0.6 is 31.9 Å². The maximum Gasteiger partial charge on any atom is 0.411 e. The normalized spacial score (nSPS) is 15.5. The van der Waals surface area contributed by atoms with Gasteiger partial charge in [0.25, 0.3) is 0 Å². The second-order valence-electron chi connectivity index (χ2n) is 5.76. The minimum atomic E-state index is -6.64. The fourth-order valence-electron chi connectivity index (χ4n) is 3.29. The molecule has 2 aromatic rings. The smallest absolute Gasteiger partial charge is 0.205 e. The summed E-state index contributed by atoms with van der Waals surface area (Å²) in [5.74, 6) is -15.0. The Balaban J connectivity index is 2.82. The highest BCUT2D eigenvalue weighted by atomic mass is 79.9.